The van der Waals surface area contributed by atoms with Gasteiger partial charge in [0.05, 0.1) is 25.4 Å². The van der Waals surface area contributed by atoms with Crippen LogP contribution in [-0.4, -0.2) is 47.4 Å². The average Bonchev–Trinajstić information content (AvgIpc) is 3.32. The summed E-state index contributed by atoms with van der Waals surface area (Å²) in [6.07, 6.45) is 66.4. The topological polar surface area (TPSA) is 95.9 Å². The van der Waals surface area contributed by atoms with Crippen molar-refractivity contribution in [1.29, 1.82) is 0 Å². The lowest BCUT2D eigenvalue weighted by Crippen LogP contribution is -2.45. The van der Waals surface area contributed by atoms with E-state index in [1.54, 1.807) is 0 Å². The summed E-state index contributed by atoms with van der Waals surface area (Å²) in [5, 5.41) is 23.2. The standard InChI is InChI=1S/C60H117NO5/c1-3-5-7-9-11-13-15-29-32-36-40-44-48-52-58(63)57(56-62)61-59(64)53-49-45-41-37-33-30-27-25-23-21-19-17-18-20-22-24-26-28-31-35-39-43-47-51-55-66-60(65)54-50-46-42-38-34-16-14-12-10-8-6-4-2/h12,14,57-58,62-63H,3-11,13,15-56H2,1-2H3,(H,61,64)/b14-12-. The second kappa shape index (κ2) is 56.2. The lowest BCUT2D eigenvalue weighted by Gasteiger charge is -2.22. The van der Waals surface area contributed by atoms with E-state index >= 15 is 0 Å². The number of nitrogens with one attached hydrogen (secondary N) is 1. The third-order valence-corrected chi connectivity index (χ3v) is 14.1. The number of hydrogen-bond acceptors (Lipinski definition) is 5. The Morgan fingerprint density at radius 3 is 1.11 bits per heavy atom. The highest BCUT2D eigenvalue weighted by atomic mass is 16.5. The number of unbranched alkanes of at least 4 members (excludes halogenated alkanes) is 43. The minimum absolute atomic E-state index is 0.00574. The molecule has 6 heteroatoms. The molecule has 0 saturated carbocycles. The van der Waals surface area contributed by atoms with Crippen molar-refractivity contribution in [3.63, 3.8) is 0 Å². The number of carbonyl (C=O) groups excluding carboxylic acids is 2. The number of aliphatic hydroxyl groups is 2. The predicted octanol–water partition coefficient (Wildman–Crippen LogP) is 18.5. The molecular formula is C60H117NO5. The molecule has 0 rings (SSSR count). The second-order valence-electron chi connectivity index (χ2n) is 20.7. The Morgan fingerprint density at radius 1 is 0.409 bits per heavy atom. The van der Waals surface area contributed by atoms with Crippen molar-refractivity contribution in [1.82, 2.24) is 5.32 Å². The van der Waals surface area contributed by atoms with Crippen molar-refractivity contribution in [2.45, 2.75) is 347 Å². The fraction of sp³-hybridized carbons (Fsp3) is 0.933. The maximum atomic E-state index is 12.5. The monoisotopic (exact) mass is 932 g/mol. The lowest BCUT2D eigenvalue weighted by atomic mass is 10.0. The fourth-order valence-electron chi connectivity index (χ4n) is 9.46. The summed E-state index contributed by atoms with van der Waals surface area (Å²) in [5.74, 6) is -0.0267. The van der Waals surface area contributed by atoms with Gasteiger partial charge in [-0.15, -0.1) is 0 Å². The Kier molecular flexibility index (Phi) is 55.0. The number of allylic oxidation sites excluding steroid dienone is 2. The van der Waals surface area contributed by atoms with E-state index in [2.05, 4.69) is 31.3 Å². The Hall–Kier alpha value is -1.40. The van der Waals surface area contributed by atoms with Gasteiger partial charge in [0.2, 0.25) is 5.91 Å². The molecule has 6 nitrogen and oxygen atoms in total. The molecule has 0 spiro atoms. The van der Waals surface area contributed by atoms with Crippen LogP contribution in [0.25, 0.3) is 0 Å². The van der Waals surface area contributed by atoms with E-state index in [0.29, 0.717) is 25.9 Å². The molecule has 0 heterocycles. The third-order valence-electron chi connectivity index (χ3n) is 14.1. The minimum atomic E-state index is -0.662. The average molecular weight is 933 g/mol. The highest BCUT2D eigenvalue weighted by Gasteiger charge is 2.20. The summed E-state index contributed by atoms with van der Waals surface area (Å²) >= 11 is 0. The summed E-state index contributed by atoms with van der Waals surface area (Å²) < 4.78 is 5.47. The van der Waals surface area contributed by atoms with E-state index in [1.165, 1.54) is 257 Å². The Labute approximate surface area is 412 Å². The summed E-state index contributed by atoms with van der Waals surface area (Å²) in [4.78, 5) is 24.5. The molecule has 0 aliphatic carbocycles. The third kappa shape index (κ3) is 52.0. The number of rotatable bonds is 56. The van der Waals surface area contributed by atoms with Crippen LogP contribution in [0.3, 0.4) is 0 Å². The quantitative estimate of drug-likeness (QED) is 0.0321. The van der Waals surface area contributed by atoms with Gasteiger partial charge in [-0.3, -0.25) is 9.59 Å². The van der Waals surface area contributed by atoms with E-state index in [1.807, 2.05) is 0 Å². The van der Waals surface area contributed by atoms with Crippen LogP contribution in [0.5, 0.6) is 0 Å². The van der Waals surface area contributed by atoms with Crippen molar-refractivity contribution >= 4 is 11.9 Å². The van der Waals surface area contributed by atoms with E-state index in [-0.39, 0.29) is 18.5 Å². The molecule has 0 radical (unpaired) electrons. The van der Waals surface area contributed by atoms with Gasteiger partial charge in [0.25, 0.3) is 0 Å². The van der Waals surface area contributed by atoms with Gasteiger partial charge in [-0.05, 0) is 51.4 Å². The molecule has 392 valence electrons. The van der Waals surface area contributed by atoms with Gasteiger partial charge in [-0.1, -0.05) is 283 Å². The van der Waals surface area contributed by atoms with Gasteiger partial charge in [-0.25, -0.2) is 0 Å². The van der Waals surface area contributed by atoms with Crippen molar-refractivity contribution in [2.24, 2.45) is 0 Å². The number of aliphatic hydroxyl groups excluding tert-OH is 2. The van der Waals surface area contributed by atoms with Gasteiger partial charge < -0.3 is 20.3 Å². The van der Waals surface area contributed by atoms with Crippen LogP contribution < -0.4 is 5.32 Å². The van der Waals surface area contributed by atoms with E-state index in [9.17, 15) is 19.8 Å². The molecule has 0 aliphatic heterocycles. The predicted molar refractivity (Wildman–Crippen MR) is 287 cm³/mol. The van der Waals surface area contributed by atoms with Crippen LogP contribution in [-0.2, 0) is 14.3 Å². The zero-order chi connectivity index (χ0) is 47.9. The second-order valence-corrected chi connectivity index (χ2v) is 20.7. The highest BCUT2D eigenvalue weighted by Crippen LogP contribution is 2.18. The van der Waals surface area contributed by atoms with Crippen LogP contribution in [0.1, 0.15) is 335 Å². The smallest absolute Gasteiger partial charge is 0.305 e. The van der Waals surface area contributed by atoms with E-state index in [0.717, 1.165) is 44.9 Å². The van der Waals surface area contributed by atoms with Crippen molar-refractivity contribution in [2.75, 3.05) is 13.2 Å². The van der Waals surface area contributed by atoms with Gasteiger partial charge in [0, 0.05) is 12.8 Å². The molecule has 0 saturated heterocycles. The van der Waals surface area contributed by atoms with E-state index in [4.69, 9.17) is 4.74 Å². The maximum Gasteiger partial charge on any atom is 0.305 e. The van der Waals surface area contributed by atoms with Gasteiger partial charge >= 0.3 is 5.97 Å². The largest absolute Gasteiger partial charge is 0.466 e. The lowest BCUT2D eigenvalue weighted by molar-refractivity contribution is -0.143. The van der Waals surface area contributed by atoms with Crippen LogP contribution >= 0.6 is 0 Å². The van der Waals surface area contributed by atoms with Crippen LogP contribution in [0.2, 0.25) is 0 Å². The molecule has 3 N–H and O–H groups in total. The zero-order valence-electron chi connectivity index (χ0n) is 44.7. The number of hydrogen-bond donors (Lipinski definition) is 3. The van der Waals surface area contributed by atoms with E-state index < -0.39 is 12.1 Å². The first-order valence-electron chi connectivity index (χ1n) is 29.9. The SMILES string of the molecule is CCCCC/C=C\CCCCCCCC(=O)OCCCCCCCCCCCCCCCCCCCCCCCCCCC(=O)NC(CO)C(O)CCCCCCCCCCCCCCC. The summed E-state index contributed by atoms with van der Waals surface area (Å²) in [5.41, 5.74) is 0. The number of ether oxygens (including phenoxy) is 1. The van der Waals surface area contributed by atoms with Crippen molar-refractivity contribution in [3.05, 3.63) is 12.2 Å². The van der Waals surface area contributed by atoms with Crippen molar-refractivity contribution < 1.29 is 24.5 Å². The highest BCUT2D eigenvalue weighted by molar-refractivity contribution is 5.76. The molecule has 0 aliphatic rings. The normalized spacial score (nSPS) is 12.6. The summed E-state index contributed by atoms with van der Waals surface area (Å²) in [6.45, 7) is 4.94. The molecule has 0 aromatic rings. The molecule has 1 amide bonds. The molecule has 0 fully saturated rings. The van der Waals surface area contributed by atoms with Crippen LogP contribution in [0.15, 0.2) is 12.2 Å². The molecule has 2 atom stereocenters. The molecule has 2 unspecified atom stereocenters. The first kappa shape index (κ1) is 64.6. The summed E-state index contributed by atoms with van der Waals surface area (Å²) in [6, 6.07) is -0.539. The first-order chi connectivity index (χ1) is 32.5. The maximum absolute atomic E-state index is 12.5. The Bertz CT molecular complexity index is 986. The number of amides is 1. The first-order valence-corrected chi connectivity index (χ1v) is 29.9. The molecular weight excluding hydrogens is 815 g/mol. The molecule has 66 heavy (non-hydrogen) atoms. The zero-order valence-corrected chi connectivity index (χ0v) is 44.7. The Balaban J connectivity index is 3.35. The van der Waals surface area contributed by atoms with Crippen LogP contribution in [0.4, 0.5) is 0 Å². The minimum Gasteiger partial charge on any atom is -0.466 e. The number of esters is 1. The number of carbonyl (C=O) groups is 2. The van der Waals surface area contributed by atoms with Crippen LogP contribution in [0, 0.1) is 0 Å². The summed E-state index contributed by atoms with van der Waals surface area (Å²) in [7, 11) is 0. The molecule has 0 bridgehead atoms. The van der Waals surface area contributed by atoms with Crippen molar-refractivity contribution in [3.8, 4) is 0 Å². The molecule has 0 aromatic heterocycles. The van der Waals surface area contributed by atoms with Gasteiger partial charge in [0.15, 0.2) is 0 Å². The Morgan fingerprint density at radius 2 is 0.712 bits per heavy atom. The van der Waals surface area contributed by atoms with Gasteiger partial charge in [0.1, 0.15) is 0 Å². The molecule has 0 aromatic carbocycles. The van der Waals surface area contributed by atoms with Gasteiger partial charge in [-0.2, -0.15) is 0 Å². The fourth-order valence-corrected chi connectivity index (χ4v) is 9.46.